The lowest BCUT2D eigenvalue weighted by Gasteiger charge is -2.08. The van der Waals surface area contributed by atoms with E-state index in [-0.39, 0.29) is 17.4 Å². The molecule has 0 saturated heterocycles. The molecule has 0 aromatic heterocycles. The zero-order chi connectivity index (χ0) is 15.7. The number of nitrogens with one attached hydrogen (secondary N) is 1. The summed E-state index contributed by atoms with van der Waals surface area (Å²) in [4.78, 5) is 21.9. The number of nitrogens with zero attached hydrogens (tertiary/aromatic N) is 1. The third-order valence-electron chi connectivity index (χ3n) is 2.62. The number of ether oxygens (including phenoxy) is 1. The van der Waals surface area contributed by atoms with Gasteiger partial charge in [-0.25, -0.2) is 0 Å². The third-order valence-corrected chi connectivity index (χ3v) is 3.60. The van der Waals surface area contributed by atoms with Crippen molar-refractivity contribution in [2.75, 3.05) is 24.2 Å². The molecule has 7 heteroatoms. The maximum Gasteiger partial charge on any atom is 0.315 e. The smallest absolute Gasteiger partial charge is 0.315 e. The highest BCUT2D eigenvalue weighted by Crippen LogP contribution is 2.27. The van der Waals surface area contributed by atoms with Crippen molar-refractivity contribution in [3.8, 4) is 0 Å². The maximum atomic E-state index is 11.2. The van der Waals surface area contributed by atoms with E-state index in [1.54, 1.807) is 19.1 Å². The van der Waals surface area contributed by atoms with Crippen LogP contribution in [0.5, 0.6) is 0 Å². The van der Waals surface area contributed by atoms with Crippen molar-refractivity contribution < 1.29 is 14.5 Å². The van der Waals surface area contributed by atoms with Gasteiger partial charge in [-0.3, -0.25) is 14.9 Å². The van der Waals surface area contributed by atoms with Crippen LogP contribution in [0.1, 0.15) is 25.8 Å². The van der Waals surface area contributed by atoms with Crippen molar-refractivity contribution in [2.45, 2.75) is 26.0 Å². The summed E-state index contributed by atoms with van der Waals surface area (Å²) in [5.74, 6) is 0.517. The van der Waals surface area contributed by atoms with E-state index >= 15 is 0 Å². The second kappa shape index (κ2) is 9.23. The Morgan fingerprint density at radius 1 is 1.43 bits per heavy atom. The molecule has 1 N–H and O–H groups in total. The van der Waals surface area contributed by atoms with Gasteiger partial charge in [0.15, 0.2) is 0 Å². The molecule has 0 bridgehead atoms. The molecule has 0 amide bonds. The van der Waals surface area contributed by atoms with Gasteiger partial charge >= 0.3 is 5.97 Å². The topological polar surface area (TPSA) is 81.5 Å². The first-order valence-electron chi connectivity index (χ1n) is 6.83. The Labute approximate surface area is 128 Å². The number of thioether (sulfide) groups is 1. The van der Waals surface area contributed by atoms with E-state index in [9.17, 15) is 14.9 Å². The summed E-state index contributed by atoms with van der Waals surface area (Å²) in [6, 6.07) is 5.10. The highest BCUT2D eigenvalue weighted by atomic mass is 32.2. The number of anilines is 1. The number of hydrogen-bond acceptors (Lipinski definition) is 6. The number of nitro benzene ring substituents is 1. The van der Waals surface area contributed by atoms with Crippen molar-refractivity contribution in [2.24, 2.45) is 0 Å². The highest BCUT2D eigenvalue weighted by molar-refractivity contribution is 7.99. The monoisotopic (exact) mass is 312 g/mol. The average Bonchev–Trinajstić information content (AvgIpc) is 2.46. The van der Waals surface area contributed by atoms with E-state index in [1.165, 1.54) is 11.8 Å². The molecular weight excluding hydrogens is 292 g/mol. The largest absolute Gasteiger partial charge is 0.465 e. The molecular formula is C14H20N2O4S. The Hall–Kier alpha value is -1.76. The lowest BCUT2D eigenvalue weighted by Crippen LogP contribution is -2.07. The number of carbonyl (C=O) groups excluding carboxylic acids is 1. The summed E-state index contributed by atoms with van der Waals surface area (Å²) >= 11 is 1.38. The number of esters is 1. The van der Waals surface area contributed by atoms with E-state index in [0.717, 1.165) is 12.0 Å². The molecule has 0 unspecified atom stereocenters. The normalized spacial score (nSPS) is 10.2. The van der Waals surface area contributed by atoms with E-state index in [2.05, 4.69) is 5.32 Å². The molecule has 0 aliphatic heterocycles. The standard InChI is InChI=1S/C14H20N2O4S/c1-3-7-15-12-6-5-11(8-13(12)16(18)19)9-21-10-14(17)20-4-2/h5-6,8,15H,3-4,7,9-10H2,1-2H3. The summed E-state index contributed by atoms with van der Waals surface area (Å²) in [7, 11) is 0. The van der Waals surface area contributed by atoms with Crippen LogP contribution in [-0.4, -0.2) is 29.8 Å². The molecule has 1 aromatic carbocycles. The van der Waals surface area contributed by atoms with Crippen LogP contribution in [0, 0.1) is 10.1 Å². The van der Waals surface area contributed by atoms with Gasteiger partial charge < -0.3 is 10.1 Å². The summed E-state index contributed by atoms with van der Waals surface area (Å²) < 4.78 is 4.83. The molecule has 0 spiro atoms. The molecule has 0 radical (unpaired) electrons. The fraction of sp³-hybridized carbons (Fsp3) is 0.500. The molecule has 0 aliphatic carbocycles. The molecule has 6 nitrogen and oxygen atoms in total. The Morgan fingerprint density at radius 2 is 2.19 bits per heavy atom. The van der Waals surface area contributed by atoms with E-state index in [4.69, 9.17) is 4.74 Å². The van der Waals surface area contributed by atoms with Gasteiger partial charge in [-0.2, -0.15) is 0 Å². The van der Waals surface area contributed by atoms with Crippen LogP contribution in [0.25, 0.3) is 0 Å². The Morgan fingerprint density at radius 3 is 2.81 bits per heavy atom. The molecule has 116 valence electrons. The van der Waals surface area contributed by atoms with Crippen LogP contribution >= 0.6 is 11.8 Å². The van der Waals surface area contributed by atoms with Crippen molar-refractivity contribution in [1.82, 2.24) is 0 Å². The zero-order valence-corrected chi connectivity index (χ0v) is 13.1. The van der Waals surface area contributed by atoms with Gasteiger partial charge in [0.25, 0.3) is 5.69 Å². The van der Waals surface area contributed by atoms with E-state index < -0.39 is 4.92 Å². The van der Waals surface area contributed by atoms with Crippen LogP contribution < -0.4 is 5.32 Å². The first-order chi connectivity index (χ1) is 10.1. The molecule has 0 aliphatic rings. The fourth-order valence-electron chi connectivity index (χ4n) is 1.68. The van der Waals surface area contributed by atoms with Gasteiger partial charge in [0.2, 0.25) is 0 Å². The van der Waals surface area contributed by atoms with E-state index in [1.807, 2.05) is 13.0 Å². The molecule has 21 heavy (non-hydrogen) atoms. The van der Waals surface area contributed by atoms with Crippen molar-refractivity contribution in [3.63, 3.8) is 0 Å². The average molecular weight is 312 g/mol. The molecule has 1 aromatic rings. The van der Waals surface area contributed by atoms with Crippen molar-refractivity contribution in [1.29, 1.82) is 0 Å². The van der Waals surface area contributed by atoms with Crippen molar-refractivity contribution in [3.05, 3.63) is 33.9 Å². The number of rotatable bonds is 9. The first kappa shape index (κ1) is 17.3. The van der Waals surface area contributed by atoms with Crippen LogP contribution in [0.4, 0.5) is 11.4 Å². The van der Waals surface area contributed by atoms with Gasteiger partial charge in [0.1, 0.15) is 5.69 Å². The lowest BCUT2D eigenvalue weighted by atomic mass is 10.2. The second-order valence-electron chi connectivity index (χ2n) is 4.33. The Balaban J connectivity index is 2.65. The molecule has 0 saturated carbocycles. The van der Waals surface area contributed by atoms with Gasteiger partial charge in [-0.15, -0.1) is 11.8 Å². The highest BCUT2D eigenvalue weighted by Gasteiger charge is 2.14. The Bertz CT molecular complexity index is 494. The van der Waals surface area contributed by atoms with Gasteiger partial charge in [0.05, 0.1) is 17.3 Å². The van der Waals surface area contributed by atoms with Gasteiger partial charge in [-0.05, 0) is 25.0 Å². The van der Waals surface area contributed by atoms with Crippen LogP contribution in [0.2, 0.25) is 0 Å². The number of carbonyl (C=O) groups is 1. The number of hydrogen-bond donors (Lipinski definition) is 1. The second-order valence-corrected chi connectivity index (χ2v) is 5.32. The van der Waals surface area contributed by atoms with E-state index in [0.29, 0.717) is 24.6 Å². The first-order valence-corrected chi connectivity index (χ1v) is 7.98. The minimum absolute atomic E-state index is 0.0673. The fourth-order valence-corrected chi connectivity index (χ4v) is 2.45. The lowest BCUT2D eigenvalue weighted by molar-refractivity contribution is -0.384. The number of nitro groups is 1. The predicted molar refractivity (Wildman–Crippen MR) is 84.7 cm³/mol. The van der Waals surface area contributed by atoms with Crippen LogP contribution in [0.15, 0.2) is 18.2 Å². The predicted octanol–water partition coefficient (Wildman–Crippen LogP) is 3.21. The third kappa shape index (κ3) is 6.03. The molecule has 1 rings (SSSR count). The molecule has 0 fully saturated rings. The van der Waals surface area contributed by atoms with Crippen LogP contribution in [0.3, 0.4) is 0 Å². The summed E-state index contributed by atoms with van der Waals surface area (Å²) in [6.45, 7) is 4.81. The molecule has 0 heterocycles. The summed E-state index contributed by atoms with van der Waals surface area (Å²) in [6.07, 6.45) is 0.897. The maximum absolute atomic E-state index is 11.2. The zero-order valence-electron chi connectivity index (χ0n) is 12.3. The Kier molecular flexibility index (Phi) is 7.60. The SMILES string of the molecule is CCCNc1ccc(CSCC(=O)OCC)cc1[N+](=O)[O-]. The summed E-state index contributed by atoms with van der Waals surface area (Å²) in [5.41, 5.74) is 1.41. The van der Waals surface area contributed by atoms with Gasteiger partial charge in [-0.1, -0.05) is 13.0 Å². The minimum Gasteiger partial charge on any atom is -0.465 e. The summed E-state index contributed by atoms with van der Waals surface area (Å²) in [5, 5.41) is 14.1. The number of benzene rings is 1. The molecule has 0 atom stereocenters. The quantitative estimate of drug-likeness (QED) is 0.428. The van der Waals surface area contributed by atoms with Crippen LogP contribution in [-0.2, 0) is 15.3 Å². The minimum atomic E-state index is -0.391. The van der Waals surface area contributed by atoms with Gasteiger partial charge in [0, 0.05) is 18.4 Å². The van der Waals surface area contributed by atoms with Crippen molar-refractivity contribution >= 4 is 29.1 Å².